The Morgan fingerprint density at radius 1 is 0.893 bits per heavy atom. The molecule has 0 fully saturated rings. The molecule has 0 aromatic heterocycles. The molecule has 0 rings (SSSR count). The van der Waals surface area contributed by atoms with Crippen molar-refractivity contribution in [2.24, 2.45) is 17.4 Å². The van der Waals surface area contributed by atoms with Crippen molar-refractivity contribution in [1.82, 2.24) is 16.0 Å². The van der Waals surface area contributed by atoms with E-state index in [0.717, 1.165) is 0 Å². The number of amides is 3. The first-order chi connectivity index (χ1) is 13.2. The van der Waals surface area contributed by atoms with Gasteiger partial charge < -0.3 is 37.6 Å². The van der Waals surface area contributed by atoms with Crippen LogP contribution in [0.25, 0.3) is 0 Å². The molecule has 0 spiro atoms. The Balaban J connectivity index is 5.21. The minimum atomic E-state index is -1.48. The number of hydrogen-bond acceptors (Lipinski definition) is 7. The molecule has 0 aliphatic carbocycles. The molecule has 0 saturated heterocycles. The van der Waals surface area contributed by atoms with Gasteiger partial charge >= 0.3 is 5.97 Å². The number of carbonyl (C=O) groups excluding carboxylic acids is 3. The normalized spacial score (nSPS) is 14.1. The zero-order valence-corrected chi connectivity index (χ0v) is 16.4. The van der Waals surface area contributed by atoms with Gasteiger partial charge in [-0.1, -0.05) is 13.8 Å². The van der Waals surface area contributed by atoms with Gasteiger partial charge in [-0.2, -0.15) is 0 Å². The van der Waals surface area contributed by atoms with Gasteiger partial charge in [0.2, 0.25) is 17.7 Å². The van der Waals surface area contributed by atoms with Gasteiger partial charge in [-0.05, 0) is 38.1 Å². The number of aliphatic carboxylic acids is 1. The topological polar surface area (TPSA) is 197 Å². The second kappa shape index (κ2) is 13.9. The van der Waals surface area contributed by atoms with Crippen LogP contribution in [0, 0.1) is 5.92 Å². The highest BCUT2D eigenvalue weighted by Crippen LogP contribution is 2.08. The lowest BCUT2D eigenvalue weighted by Gasteiger charge is -2.25. The predicted molar refractivity (Wildman–Crippen MR) is 102 cm³/mol. The Labute approximate surface area is 164 Å². The molecule has 0 aromatic rings. The third-order valence-electron chi connectivity index (χ3n) is 3.92. The molecule has 11 nitrogen and oxygen atoms in total. The van der Waals surface area contributed by atoms with Crippen molar-refractivity contribution in [2.45, 2.75) is 57.7 Å². The number of aliphatic hydroxyl groups is 1. The maximum atomic E-state index is 12.6. The standard InChI is InChI=1S/C17H33N5O6/c1-10(2)7-12(16(26)22-13(9-23)17(27)28)21-15(25)11(5-3-4-6-18)20-14(24)8-19/h10-13,23H,3-9,18-19H2,1-2H3,(H,20,24)(H,21,25)(H,22,26)(H,27,28). The second-order valence-electron chi connectivity index (χ2n) is 6.88. The average Bonchev–Trinajstić information content (AvgIpc) is 2.63. The lowest BCUT2D eigenvalue weighted by molar-refractivity contribution is -0.143. The Morgan fingerprint density at radius 3 is 1.93 bits per heavy atom. The Hall–Kier alpha value is -2.24. The van der Waals surface area contributed by atoms with E-state index < -0.39 is 48.4 Å². The fourth-order valence-corrected chi connectivity index (χ4v) is 2.45. The molecule has 0 saturated carbocycles. The van der Waals surface area contributed by atoms with Gasteiger partial charge in [0.1, 0.15) is 18.1 Å². The zero-order valence-electron chi connectivity index (χ0n) is 16.4. The summed E-state index contributed by atoms with van der Waals surface area (Å²) in [6.45, 7) is 3.05. The van der Waals surface area contributed by atoms with E-state index in [1.165, 1.54) is 0 Å². The van der Waals surface area contributed by atoms with Crippen LogP contribution in [0.5, 0.6) is 0 Å². The smallest absolute Gasteiger partial charge is 0.328 e. The summed E-state index contributed by atoms with van der Waals surface area (Å²) >= 11 is 0. The molecular weight excluding hydrogens is 370 g/mol. The van der Waals surface area contributed by atoms with Crippen LogP contribution in [0.1, 0.15) is 39.5 Å². The van der Waals surface area contributed by atoms with Crippen LogP contribution in [0.3, 0.4) is 0 Å². The number of hydrogen-bond donors (Lipinski definition) is 7. The summed E-state index contributed by atoms with van der Waals surface area (Å²) in [6.07, 6.45) is 1.82. The molecule has 3 unspecified atom stereocenters. The molecule has 162 valence electrons. The number of rotatable bonds is 14. The first-order valence-electron chi connectivity index (χ1n) is 9.30. The minimum absolute atomic E-state index is 0.0165. The first kappa shape index (κ1) is 25.8. The number of aliphatic hydroxyl groups excluding tert-OH is 1. The van der Waals surface area contributed by atoms with Gasteiger partial charge in [-0.15, -0.1) is 0 Å². The summed E-state index contributed by atoms with van der Waals surface area (Å²) in [7, 11) is 0. The Morgan fingerprint density at radius 2 is 1.46 bits per heavy atom. The Kier molecular flexibility index (Phi) is 12.7. The van der Waals surface area contributed by atoms with Gasteiger partial charge in [-0.25, -0.2) is 4.79 Å². The third kappa shape index (κ3) is 10.2. The molecule has 11 heteroatoms. The number of nitrogens with two attached hydrogens (primary N) is 2. The van der Waals surface area contributed by atoms with E-state index in [2.05, 4.69) is 16.0 Å². The van der Waals surface area contributed by atoms with Crippen LogP contribution < -0.4 is 27.4 Å². The van der Waals surface area contributed by atoms with Crippen molar-refractivity contribution >= 4 is 23.7 Å². The van der Waals surface area contributed by atoms with Crippen LogP contribution in [0.2, 0.25) is 0 Å². The van der Waals surface area contributed by atoms with Crippen molar-refractivity contribution < 1.29 is 29.4 Å². The van der Waals surface area contributed by atoms with Crippen LogP contribution in [0.4, 0.5) is 0 Å². The van der Waals surface area contributed by atoms with Crippen molar-refractivity contribution in [3.63, 3.8) is 0 Å². The first-order valence-corrected chi connectivity index (χ1v) is 9.30. The van der Waals surface area contributed by atoms with Crippen molar-refractivity contribution in [3.8, 4) is 0 Å². The average molecular weight is 403 g/mol. The summed E-state index contributed by atoms with van der Waals surface area (Å²) in [5.74, 6) is -3.18. The van der Waals surface area contributed by atoms with E-state index in [9.17, 15) is 19.2 Å². The summed E-state index contributed by atoms with van der Waals surface area (Å²) in [5.41, 5.74) is 10.7. The molecule has 28 heavy (non-hydrogen) atoms. The number of carboxylic acids is 1. The van der Waals surface area contributed by atoms with Gasteiger partial charge in [-0.3, -0.25) is 14.4 Å². The van der Waals surface area contributed by atoms with E-state index in [1.807, 2.05) is 13.8 Å². The fourth-order valence-electron chi connectivity index (χ4n) is 2.45. The maximum Gasteiger partial charge on any atom is 0.328 e. The summed E-state index contributed by atoms with van der Waals surface area (Å²) < 4.78 is 0. The molecule has 9 N–H and O–H groups in total. The van der Waals surface area contributed by atoms with Crippen LogP contribution in [-0.2, 0) is 19.2 Å². The highest BCUT2D eigenvalue weighted by atomic mass is 16.4. The molecule has 0 bridgehead atoms. The maximum absolute atomic E-state index is 12.6. The highest BCUT2D eigenvalue weighted by Gasteiger charge is 2.29. The molecule has 0 aromatic carbocycles. The molecule has 0 aliphatic heterocycles. The Bertz CT molecular complexity index is 528. The van der Waals surface area contributed by atoms with Gasteiger partial charge in [0.15, 0.2) is 0 Å². The second-order valence-corrected chi connectivity index (χ2v) is 6.88. The molecular formula is C17H33N5O6. The summed E-state index contributed by atoms with van der Waals surface area (Å²) in [6, 6.07) is -3.39. The number of nitrogens with one attached hydrogen (secondary N) is 3. The fraction of sp³-hybridized carbons (Fsp3) is 0.765. The lowest BCUT2D eigenvalue weighted by Crippen LogP contribution is -2.57. The van der Waals surface area contributed by atoms with Crippen LogP contribution >= 0.6 is 0 Å². The number of carboxylic acid groups (broad SMARTS) is 1. The minimum Gasteiger partial charge on any atom is -0.480 e. The summed E-state index contributed by atoms with van der Waals surface area (Å²) in [4.78, 5) is 47.7. The van der Waals surface area contributed by atoms with Gasteiger partial charge in [0, 0.05) is 0 Å². The van der Waals surface area contributed by atoms with Crippen molar-refractivity contribution in [3.05, 3.63) is 0 Å². The number of unbranched alkanes of at least 4 members (excludes halogenated alkanes) is 1. The zero-order chi connectivity index (χ0) is 21.7. The van der Waals surface area contributed by atoms with Crippen molar-refractivity contribution in [2.75, 3.05) is 19.7 Å². The quantitative estimate of drug-likeness (QED) is 0.156. The van der Waals surface area contributed by atoms with E-state index >= 15 is 0 Å². The lowest BCUT2D eigenvalue weighted by atomic mass is 10.0. The van der Waals surface area contributed by atoms with Crippen LogP contribution in [0.15, 0.2) is 0 Å². The van der Waals surface area contributed by atoms with E-state index in [1.54, 1.807) is 0 Å². The largest absolute Gasteiger partial charge is 0.480 e. The summed E-state index contributed by atoms with van der Waals surface area (Å²) in [5, 5.41) is 25.3. The monoisotopic (exact) mass is 403 g/mol. The molecule has 0 radical (unpaired) electrons. The van der Waals surface area contributed by atoms with Gasteiger partial charge in [0.05, 0.1) is 13.2 Å². The highest BCUT2D eigenvalue weighted by molar-refractivity contribution is 5.93. The van der Waals surface area contributed by atoms with E-state index in [4.69, 9.17) is 21.7 Å². The third-order valence-corrected chi connectivity index (χ3v) is 3.92. The van der Waals surface area contributed by atoms with E-state index in [0.29, 0.717) is 25.8 Å². The molecule has 3 amide bonds. The van der Waals surface area contributed by atoms with Crippen LogP contribution in [-0.4, -0.2) is 71.7 Å². The molecule has 0 aliphatic rings. The van der Waals surface area contributed by atoms with Gasteiger partial charge in [0.25, 0.3) is 0 Å². The van der Waals surface area contributed by atoms with E-state index in [-0.39, 0.29) is 18.9 Å². The van der Waals surface area contributed by atoms with Crippen molar-refractivity contribution in [1.29, 1.82) is 0 Å². The SMILES string of the molecule is CC(C)CC(NC(=O)C(CCCCN)NC(=O)CN)C(=O)NC(CO)C(=O)O. The number of carbonyl (C=O) groups is 4. The molecule has 3 atom stereocenters. The molecule has 0 heterocycles. The predicted octanol–water partition coefficient (Wildman–Crippen LogP) is -2.35.